The molecule has 1 heterocycles. The summed E-state index contributed by atoms with van der Waals surface area (Å²) in [6.07, 6.45) is 6.14. The number of nitrogens with zero attached hydrogens (tertiary/aromatic N) is 1. The van der Waals surface area contributed by atoms with Crippen molar-refractivity contribution in [3.8, 4) is 0 Å². The van der Waals surface area contributed by atoms with Crippen molar-refractivity contribution in [2.24, 2.45) is 0 Å². The van der Waals surface area contributed by atoms with E-state index in [1.807, 2.05) is 18.5 Å². The predicted octanol–water partition coefficient (Wildman–Crippen LogP) is 3.75. The van der Waals surface area contributed by atoms with Crippen LogP contribution in [0.4, 0.5) is 5.69 Å². The van der Waals surface area contributed by atoms with E-state index in [4.69, 9.17) is 0 Å². The fourth-order valence-corrected chi connectivity index (χ4v) is 2.72. The van der Waals surface area contributed by atoms with Crippen LogP contribution >= 0.6 is 0 Å². The van der Waals surface area contributed by atoms with Crippen LogP contribution in [0.3, 0.4) is 0 Å². The zero-order valence-electron chi connectivity index (χ0n) is 10.6. The summed E-state index contributed by atoms with van der Waals surface area (Å²) in [4.78, 5) is 4.12. The summed E-state index contributed by atoms with van der Waals surface area (Å²) in [5.41, 5.74) is 4.06. The minimum Gasteiger partial charge on any atom is -0.381 e. The number of aryl methyl sites for hydroxylation is 1. The zero-order valence-corrected chi connectivity index (χ0v) is 10.6. The van der Waals surface area contributed by atoms with Crippen LogP contribution in [0.5, 0.6) is 0 Å². The van der Waals surface area contributed by atoms with Crippen LogP contribution in [0, 0.1) is 6.92 Å². The van der Waals surface area contributed by atoms with Gasteiger partial charge in [0.2, 0.25) is 0 Å². The number of rotatable bonds is 3. The maximum Gasteiger partial charge on any atom is 0.0528 e. The maximum absolute atomic E-state index is 4.12. The van der Waals surface area contributed by atoms with Crippen molar-refractivity contribution in [1.29, 1.82) is 0 Å². The van der Waals surface area contributed by atoms with E-state index < -0.39 is 0 Å². The van der Waals surface area contributed by atoms with Crippen LogP contribution in [0.25, 0.3) is 0 Å². The highest BCUT2D eigenvalue weighted by molar-refractivity contribution is 5.42. The summed E-state index contributed by atoms with van der Waals surface area (Å²) in [5.74, 6) is 0.723. The van der Waals surface area contributed by atoms with E-state index in [0.717, 1.165) is 11.6 Å². The summed E-state index contributed by atoms with van der Waals surface area (Å²) >= 11 is 0. The number of anilines is 1. The van der Waals surface area contributed by atoms with E-state index >= 15 is 0 Å². The normalized spacial score (nSPS) is 22.3. The minimum atomic E-state index is 0.596. The highest BCUT2D eigenvalue weighted by Crippen LogP contribution is 2.39. The van der Waals surface area contributed by atoms with Gasteiger partial charge in [-0.2, -0.15) is 0 Å². The van der Waals surface area contributed by atoms with Crippen LogP contribution in [-0.4, -0.2) is 11.0 Å². The van der Waals surface area contributed by atoms with Crippen molar-refractivity contribution >= 4 is 5.69 Å². The second-order valence-corrected chi connectivity index (χ2v) is 5.11. The summed E-state index contributed by atoms with van der Waals surface area (Å²) in [7, 11) is 0. The highest BCUT2D eigenvalue weighted by Gasteiger charge is 2.30. The van der Waals surface area contributed by atoms with Gasteiger partial charge in [0.1, 0.15) is 0 Å². The third-order valence-electron chi connectivity index (χ3n) is 3.80. The molecule has 1 N–H and O–H groups in total. The lowest BCUT2D eigenvalue weighted by molar-refractivity contribution is 0.373. The Balaban J connectivity index is 1.59. The number of hydrogen-bond donors (Lipinski definition) is 1. The second-order valence-electron chi connectivity index (χ2n) is 5.11. The quantitative estimate of drug-likeness (QED) is 0.881. The molecule has 0 bridgehead atoms. The molecular weight excluding hydrogens is 220 g/mol. The monoisotopic (exact) mass is 238 g/mol. The summed E-state index contributed by atoms with van der Waals surface area (Å²) in [5, 5.41) is 3.54. The molecule has 2 nitrogen and oxygen atoms in total. The van der Waals surface area contributed by atoms with E-state index in [1.54, 1.807) is 0 Å². The molecule has 1 fully saturated rings. The molecule has 92 valence electrons. The largest absolute Gasteiger partial charge is 0.381 e. The Hall–Kier alpha value is -1.83. The molecule has 0 amide bonds. The highest BCUT2D eigenvalue weighted by atomic mass is 14.9. The smallest absolute Gasteiger partial charge is 0.0528 e. The van der Waals surface area contributed by atoms with Crippen LogP contribution < -0.4 is 5.32 Å². The Morgan fingerprint density at radius 1 is 1.11 bits per heavy atom. The lowest BCUT2D eigenvalue weighted by Crippen LogP contribution is -2.34. The topological polar surface area (TPSA) is 24.9 Å². The van der Waals surface area contributed by atoms with Crippen molar-refractivity contribution in [3.05, 3.63) is 59.9 Å². The molecular formula is C16H18N2. The second kappa shape index (κ2) is 4.81. The average Bonchev–Trinajstić information content (AvgIpc) is 2.36. The van der Waals surface area contributed by atoms with Gasteiger partial charge in [0.15, 0.2) is 0 Å². The molecule has 0 radical (unpaired) electrons. The maximum atomic E-state index is 4.12. The Morgan fingerprint density at radius 2 is 1.94 bits per heavy atom. The molecule has 1 saturated carbocycles. The molecule has 18 heavy (non-hydrogen) atoms. The van der Waals surface area contributed by atoms with E-state index in [9.17, 15) is 0 Å². The lowest BCUT2D eigenvalue weighted by Gasteiger charge is -2.37. The molecule has 0 unspecified atom stereocenters. The molecule has 0 aliphatic heterocycles. The fraction of sp³-hybridized carbons (Fsp3) is 0.312. The SMILES string of the molecule is Cc1ccccc1C1CC(Nc2cccnc2)C1. The van der Waals surface area contributed by atoms with Gasteiger partial charge in [0.05, 0.1) is 5.69 Å². The van der Waals surface area contributed by atoms with Crippen molar-refractivity contribution in [2.45, 2.75) is 31.7 Å². The van der Waals surface area contributed by atoms with Gasteiger partial charge in [-0.15, -0.1) is 0 Å². The van der Waals surface area contributed by atoms with Gasteiger partial charge in [0.25, 0.3) is 0 Å². The van der Waals surface area contributed by atoms with Gasteiger partial charge in [-0.3, -0.25) is 4.98 Å². The number of hydrogen-bond acceptors (Lipinski definition) is 2. The van der Waals surface area contributed by atoms with Gasteiger partial charge in [-0.05, 0) is 48.9 Å². The van der Waals surface area contributed by atoms with Crippen LogP contribution in [0.2, 0.25) is 0 Å². The molecule has 0 atom stereocenters. The Bertz CT molecular complexity index is 516. The van der Waals surface area contributed by atoms with Crippen LogP contribution in [0.15, 0.2) is 48.8 Å². The van der Waals surface area contributed by atoms with E-state index in [1.165, 1.54) is 24.0 Å². The van der Waals surface area contributed by atoms with Crippen LogP contribution in [-0.2, 0) is 0 Å². The first-order chi connectivity index (χ1) is 8.83. The third-order valence-corrected chi connectivity index (χ3v) is 3.80. The molecule has 0 spiro atoms. The van der Waals surface area contributed by atoms with Crippen molar-refractivity contribution in [2.75, 3.05) is 5.32 Å². The molecule has 1 aliphatic carbocycles. The molecule has 3 rings (SSSR count). The third kappa shape index (κ3) is 2.23. The number of pyridine rings is 1. The molecule has 1 aromatic carbocycles. The molecule has 1 aromatic heterocycles. The number of nitrogens with one attached hydrogen (secondary N) is 1. The average molecular weight is 238 g/mol. The van der Waals surface area contributed by atoms with Gasteiger partial charge in [0, 0.05) is 18.4 Å². The molecule has 0 saturated heterocycles. The lowest BCUT2D eigenvalue weighted by atomic mass is 9.74. The summed E-state index contributed by atoms with van der Waals surface area (Å²) in [6, 6.07) is 13.4. The predicted molar refractivity (Wildman–Crippen MR) is 74.8 cm³/mol. The molecule has 1 aliphatic rings. The minimum absolute atomic E-state index is 0.596. The summed E-state index contributed by atoms with van der Waals surface area (Å²) < 4.78 is 0. The summed E-state index contributed by atoms with van der Waals surface area (Å²) in [6.45, 7) is 2.21. The standard InChI is InChI=1S/C16H18N2/c1-12-5-2-3-7-16(12)13-9-15(10-13)18-14-6-4-8-17-11-14/h2-8,11,13,15,18H,9-10H2,1H3. The van der Waals surface area contributed by atoms with Crippen molar-refractivity contribution < 1.29 is 0 Å². The molecule has 2 aromatic rings. The Labute approximate surface area is 108 Å². The van der Waals surface area contributed by atoms with E-state index in [-0.39, 0.29) is 0 Å². The number of aromatic nitrogens is 1. The van der Waals surface area contributed by atoms with Crippen LogP contribution in [0.1, 0.15) is 29.9 Å². The van der Waals surface area contributed by atoms with E-state index in [2.05, 4.69) is 47.6 Å². The van der Waals surface area contributed by atoms with Gasteiger partial charge < -0.3 is 5.32 Å². The van der Waals surface area contributed by atoms with Gasteiger partial charge >= 0.3 is 0 Å². The van der Waals surface area contributed by atoms with E-state index in [0.29, 0.717) is 6.04 Å². The zero-order chi connectivity index (χ0) is 12.4. The first-order valence-electron chi connectivity index (χ1n) is 6.55. The Kier molecular flexibility index (Phi) is 3.01. The fourth-order valence-electron chi connectivity index (χ4n) is 2.72. The van der Waals surface area contributed by atoms with Gasteiger partial charge in [-0.1, -0.05) is 24.3 Å². The first-order valence-corrected chi connectivity index (χ1v) is 6.55. The van der Waals surface area contributed by atoms with Crippen molar-refractivity contribution in [1.82, 2.24) is 4.98 Å². The first kappa shape index (κ1) is 11.3. The Morgan fingerprint density at radius 3 is 2.67 bits per heavy atom. The van der Waals surface area contributed by atoms with Crippen molar-refractivity contribution in [3.63, 3.8) is 0 Å². The molecule has 2 heteroatoms. The van der Waals surface area contributed by atoms with Gasteiger partial charge in [-0.25, -0.2) is 0 Å². The number of benzene rings is 1.